The molecular formula is C17H26BrN3O3S. The third-order valence-electron chi connectivity index (χ3n) is 4.52. The zero-order valence-electron chi connectivity index (χ0n) is 14.8. The summed E-state index contributed by atoms with van der Waals surface area (Å²) < 4.78 is 29.0. The van der Waals surface area contributed by atoms with Gasteiger partial charge in [0.05, 0.1) is 0 Å². The topological polar surface area (TPSA) is 60.9 Å². The van der Waals surface area contributed by atoms with E-state index in [0.717, 1.165) is 10.0 Å². The maximum Gasteiger partial charge on any atom is 0.282 e. The maximum absolute atomic E-state index is 12.5. The molecule has 1 heterocycles. The van der Waals surface area contributed by atoms with Crippen LogP contribution in [0.5, 0.6) is 0 Å². The molecule has 8 heteroatoms. The second-order valence-electron chi connectivity index (χ2n) is 5.96. The van der Waals surface area contributed by atoms with Crippen LogP contribution in [0.15, 0.2) is 28.7 Å². The van der Waals surface area contributed by atoms with Crippen LogP contribution in [0.25, 0.3) is 0 Å². The highest BCUT2D eigenvalue weighted by atomic mass is 79.9. The lowest BCUT2D eigenvalue weighted by atomic mass is 10.1. The minimum atomic E-state index is -3.41. The van der Waals surface area contributed by atoms with Crippen LogP contribution < -0.4 is 0 Å². The molecule has 2 rings (SSSR count). The number of halogens is 1. The molecule has 1 saturated heterocycles. The largest absolute Gasteiger partial charge is 0.340 e. The van der Waals surface area contributed by atoms with Crippen molar-refractivity contribution < 1.29 is 13.2 Å². The normalized spacial score (nSPS) is 16.4. The minimum Gasteiger partial charge on any atom is -0.340 e. The Morgan fingerprint density at radius 3 is 2.28 bits per heavy atom. The van der Waals surface area contributed by atoms with E-state index in [0.29, 0.717) is 52.1 Å². The summed E-state index contributed by atoms with van der Waals surface area (Å²) in [5.74, 6) is 0.0793. The van der Waals surface area contributed by atoms with Crippen molar-refractivity contribution in [3.05, 3.63) is 34.3 Å². The first-order valence-corrected chi connectivity index (χ1v) is 10.9. The van der Waals surface area contributed by atoms with Gasteiger partial charge < -0.3 is 4.90 Å². The fourth-order valence-corrected chi connectivity index (χ4v) is 5.07. The lowest BCUT2D eigenvalue weighted by molar-refractivity contribution is -0.132. The molecule has 0 bridgehead atoms. The predicted octanol–water partition coefficient (Wildman–Crippen LogP) is 2.11. The number of amides is 1. The van der Waals surface area contributed by atoms with Gasteiger partial charge in [-0.2, -0.15) is 17.0 Å². The molecule has 1 fully saturated rings. The average molecular weight is 432 g/mol. The molecule has 0 atom stereocenters. The van der Waals surface area contributed by atoms with Crippen LogP contribution in [0.3, 0.4) is 0 Å². The van der Waals surface area contributed by atoms with E-state index in [-0.39, 0.29) is 5.91 Å². The molecular weight excluding hydrogens is 406 g/mol. The third kappa shape index (κ3) is 5.03. The fourth-order valence-electron chi connectivity index (χ4n) is 2.98. The second-order valence-corrected chi connectivity index (χ2v) is 8.75. The van der Waals surface area contributed by atoms with E-state index in [1.807, 2.05) is 38.1 Å². The Kier molecular flexibility index (Phi) is 7.42. The quantitative estimate of drug-likeness (QED) is 0.663. The number of rotatable bonds is 7. The Balaban J connectivity index is 1.87. The first kappa shape index (κ1) is 20.4. The van der Waals surface area contributed by atoms with Crippen LogP contribution in [0, 0.1) is 0 Å². The summed E-state index contributed by atoms with van der Waals surface area (Å²) in [6.45, 7) is 6.22. The Morgan fingerprint density at radius 1 is 1.12 bits per heavy atom. The van der Waals surface area contributed by atoms with Crippen LogP contribution >= 0.6 is 15.9 Å². The molecule has 0 unspecified atom stereocenters. The molecule has 25 heavy (non-hydrogen) atoms. The Labute approximate surface area is 159 Å². The average Bonchev–Trinajstić information content (AvgIpc) is 2.61. The highest BCUT2D eigenvalue weighted by molar-refractivity contribution is 9.10. The summed E-state index contributed by atoms with van der Waals surface area (Å²) in [5, 5.41) is 0. The molecule has 6 nitrogen and oxygen atoms in total. The molecule has 0 aromatic heterocycles. The SMILES string of the molecule is CCN(CC)S(=O)(=O)N1CCN(C(=O)CCc2ccccc2Br)CC1. The van der Waals surface area contributed by atoms with Crippen molar-refractivity contribution in [2.45, 2.75) is 26.7 Å². The Hall–Kier alpha value is -0.960. The van der Waals surface area contributed by atoms with Crippen LogP contribution in [0.1, 0.15) is 25.8 Å². The molecule has 0 radical (unpaired) electrons. The summed E-state index contributed by atoms with van der Waals surface area (Å²) in [5.41, 5.74) is 1.11. The molecule has 0 aliphatic carbocycles. The highest BCUT2D eigenvalue weighted by Gasteiger charge is 2.31. The minimum absolute atomic E-state index is 0.0793. The number of piperazine rings is 1. The van der Waals surface area contributed by atoms with Crippen LogP contribution in [0.2, 0.25) is 0 Å². The van der Waals surface area contributed by atoms with Crippen molar-refractivity contribution in [3.63, 3.8) is 0 Å². The van der Waals surface area contributed by atoms with E-state index in [4.69, 9.17) is 0 Å². The molecule has 1 aromatic rings. The Bertz CT molecular complexity index is 684. The molecule has 1 aliphatic heterocycles. The van der Waals surface area contributed by atoms with Gasteiger partial charge in [0.15, 0.2) is 0 Å². The first-order valence-electron chi connectivity index (χ1n) is 8.66. The number of aryl methyl sites for hydroxylation is 1. The van der Waals surface area contributed by atoms with E-state index in [1.54, 1.807) is 4.90 Å². The standard InChI is InChI=1S/C17H26BrN3O3S/c1-3-20(4-2)25(23,24)21-13-11-19(12-14-21)17(22)10-9-15-7-5-6-8-16(15)18/h5-8H,3-4,9-14H2,1-2H3. The van der Waals surface area contributed by atoms with E-state index in [9.17, 15) is 13.2 Å². The predicted molar refractivity (Wildman–Crippen MR) is 102 cm³/mol. The molecule has 1 aromatic carbocycles. The van der Waals surface area contributed by atoms with Crippen molar-refractivity contribution in [2.75, 3.05) is 39.3 Å². The Morgan fingerprint density at radius 2 is 1.72 bits per heavy atom. The van der Waals surface area contributed by atoms with Crippen LogP contribution in [-0.4, -0.2) is 67.1 Å². The van der Waals surface area contributed by atoms with Crippen molar-refractivity contribution >= 4 is 32.0 Å². The third-order valence-corrected chi connectivity index (χ3v) is 7.48. The van der Waals surface area contributed by atoms with Crippen LogP contribution in [-0.2, 0) is 21.4 Å². The summed E-state index contributed by atoms with van der Waals surface area (Å²) >= 11 is 3.50. The van der Waals surface area contributed by atoms with Gasteiger partial charge in [0.2, 0.25) is 5.91 Å². The first-order chi connectivity index (χ1) is 11.9. The molecule has 140 valence electrons. The van der Waals surface area contributed by atoms with E-state index in [2.05, 4.69) is 15.9 Å². The number of hydrogen-bond donors (Lipinski definition) is 0. The molecule has 0 spiro atoms. The van der Waals surface area contributed by atoms with Gasteiger partial charge in [0, 0.05) is 50.2 Å². The lowest BCUT2D eigenvalue weighted by Crippen LogP contribution is -2.54. The molecule has 0 N–H and O–H groups in total. The van der Waals surface area contributed by atoms with Crippen LogP contribution in [0.4, 0.5) is 0 Å². The van der Waals surface area contributed by atoms with Gasteiger partial charge in [-0.25, -0.2) is 0 Å². The van der Waals surface area contributed by atoms with Crippen molar-refractivity contribution in [1.82, 2.24) is 13.5 Å². The van der Waals surface area contributed by atoms with Gasteiger partial charge in [-0.15, -0.1) is 0 Å². The summed E-state index contributed by atoms with van der Waals surface area (Å²) in [4.78, 5) is 14.2. The van der Waals surface area contributed by atoms with Gasteiger partial charge in [-0.05, 0) is 18.1 Å². The van der Waals surface area contributed by atoms with Gasteiger partial charge in [-0.3, -0.25) is 4.79 Å². The number of benzene rings is 1. The van der Waals surface area contributed by atoms with E-state index < -0.39 is 10.2 Å². The fraction of sp³-hybridized carbons (Fsp3) is 0.588. The van der Waals surface area contributed by atoms with Gasteiger partial charge in [0.25, 0.3) is 10.2 Å². The van der Waals surface area contributed by atoms with Crippen molar-refractivity contribution in [1.29, 1.82) is 0 Å². The van der Waals surface area contributed by atoms with E-state index in [1.165, 1.54) is 8.61 Å². The second kappa shape index (κ2) is 9.12. The monoisotopic (exact) mass is 431 g/mol. The lowest BCUT2D eigenvalue weighted by Gasteiger charge is -2.36. The number of hydrogen-bond acceptors (Lipinski definition) is 3. The van der Waals surface area contributed by atoms with Gasteiger partial charge in [0.1, 0.15) is 0 Å². The number of nitrogens with zero attached hydrogens (tertiary/aromatic N) is 3. The number of carbonyl (C=O) groups is 1. The highest BCUT2D eigenvalue weighted by Crippen LogP contribution is 2.18. The summed E-state index contributed by atoms with van der Waals surface area (Å²) in [6, 6.07) is 7.88. The maximum atomic E-state index is 12.5. The van der Waals surface area contributed by atoms with E-state index >= 15 is 0 Å². The zero-order valence-corrected chi connectivity index (χ0v) is 17.2. The van der Waals surface area contributed by atoms with Gasteiger partial charge >= 0.3 is 0 Å². The van der Waals surface area contributed by atoms with Gasteiger partial charge in [-0.1, -0.05) is 48.0 Å². The number of carbonyl (C=O) groups excluding carboxylic acids is 1. The molecule has 1 aliphatic rings. The zero-order chi connectivity index (χ0) is 18.4. The van der Waals surface area contributed by atoms with Crippen molar-refractivity contribution in [2.24, 2.45) is 0 Å². The summed E-state index contributed by atoms with van der Waals surface area (Å²) in [6.07, 6.45) is 1.11. The molecule has 0 saturated carbocycles. The summed E-state index contributed by atoms with van der Waals surface area (Å²) in [7, 11) is -3.41. The smallest absolute Gasteiger partial charge is 0.282 e. The van der Waals surface area contributed by atoms with Crippen molar-refractivity contribution in [3.8, 4) is 0 Å². The molecule has 1 amide bonds.